The lowest BCUT2D eigenvalue weighted by molar-refractivity contribution is 0.322. The molecular formula is C13H17N5O2S3. The molecular weight excluding hydrogens is 354 g/mol. The highest BCUT2D eigenvalue weighted by Gasteiger charge is 2.07. The van der Waals surface area contributed by atoms with Crippen molar-refractivity contribution in [2.45, 2.75) is 5.16 Å². The number of aromatic nitrogens is 2. The minimum atomic E-state index is 0.0525. The molecule has 0 aliphatic heterocycles. The summed E-state index contributed by atoms with van der Waals surface area (Å²) in [5.41, 5.74) is 1.25. The van der Waals surface area contributed by atoms with Gasteiger partial charge in [0, 0.05) is 48.4 Å². The summed E-state index contributed by atoms with van der Waals surface area (Å²) in [5, 5.41) is 27.8. The molecule has 124 valence electrons. The van der Waals surface area contributed by atoms with Crippen molar-refractivity contribution in [3.05, 3.63) is 18.2 Å². The van der Waals surface area contributed by atoms with Crippen LogP contribution in [-0.2, 0) is 0 Å². The van der Waals surface area contributed by atoms with Crippen LogP contribution in [0, 0.1) is 0 Å². The van der Waals surface area contributed by atoms with Gasteiger partial charge in [-0.25, -0.2) is 0 Å². The monoisotopic (exact) mass is 371 g/mol. The number of phenols is 1. The lowest BCUT2D eigenvalue weighted by Crippen LogP contribution is -2.19. The van der Waals surface area contributed by atoms with Crippen LogP contribution in [0.15, 0.2) is 33.6 Å². The number of hydrogen-bond donors (Lipinski definition) is 3. The number of hydrogen-bond acceptors (Lipinski definition) is 10. The van der Waals surface area contributed by atoms with E-state index >= 15 is 0 Å². The van der Waals surface area contributed by atoms with E-state index < -0.39 is 0 Å². The van der Waals surface area contributed by atoms with Crippen molar-refractivity contribution in [3.8, 4) is 5.75 Å². The molecule has 0 bridgehead atoms. The summed E-state index contributed by atoms with van der Waals surface area (Å²) in [7, 11) is 1.93. The third-order valence-corrected chi connectivity index (χ3v) is 4.54. The minimum absolute atomic E-state index is 0.0525. The minimum Gasteiger partial charge on any atom is -0.506 e. The third-order valence-electron chi connectivity index (χ3n) is 2.80. The number of aliphatic hydroxyl groups is 1. The van der Waals surface area contributed by atoms with Crippen molar-refractivity contribution in [1.82, 2.24) is 9.36 Å². The van der Waals surface area contributed by atoms with Gasteiger partial charge >= 0.3 is 0 Å². The van der Waals surface area contributed by atoms with Gasteiger partial charge in [0.25, 0.3) is 0 Å². The zero-order valence-corrected chi connectivity index (χ0v) is 15.0. The maximum Gasteiger partial charge on any atom is 0.250 e. The number of aliphatic hydroxyl groups excluding tert-OH is 1. The maximum atomic E-state index is 10.0. The Morgan fingerprint density at radius 2 is 2.22 bits per heavy atom. The molecule has 23 heavy (non-hydrogen) atoms. The molecule has 1 heterocycles. The van der Waals surface area contributed by atoms with Crippen molar-refractivity contribution in [2.75, 3.05) is 36.6 Å². The highest BCUT2D eigenvalue weighted by molar-refractivity contribution is 7.99. The van der Waals surface area contributed by atoms with Crippen molar-refractivity contribution in [1.29, 1.82) is 0 Å². The molecule has 0 atom stereocenters. The molecule has 7 nitrogen and oxygen atoms in total. The van der Waals surface area contributed by atoms with E-state index in [4.69, 9.17) is 5.11 Å². The molecule has 0 fully saturated rings. The van der Waals surface area contributed by atoms with Crippen LogP contribution in [0.3, 0.4) is 0 Å². The average molecular weight is 372 g/mol. The van der Waals surface area contributed by atoms with Crippen molar-refractivity contribution in [3.63, 3.8) is 0 Å². The molecule has 0 amide bonds. The largest absolute Gasteiger partial charge is 0.506 e. The number of thioether (sulfide) groups is 1. The molecule has 0 saturated heterocycles. The van der Waals surface area contributed by atoms with Gasteiger partial charge in [-0.05, 0) is 12.1 Å². The SMILES string of the molecule is CN(CCS)c1ccc(N=Nc2nc(SCCO)ns2)c(O)c1. The van der Waals surface area contributed by atoms with Crippen LogP contribution in [0.4, 0.5) is 16.5 Å². The van der Waals surface area contributed by atoms with Crippen LogP contribution in [0.2, 0.25) is 0 Å². The van der Waals surface area contributed by atoms with E-state index in [0.29, 0.717) is 21.7 Å². The van der Waals surface area contributed by atoms with Crippen LogP contribution in [0.1, 0.15) is 0 Å². The van der Waals surface area contributed by atoms with Gasteiger partial charge in [0.1, 0.15) is 11.4 Å². The molecule has 2 N–H and O–H groups in total. The van der Waals surface area contributed by atoms with Gasteiger partial charge in [-0.2, -0.15) is 22.0 Å². The number of thiol groups is 1. The number of rotatable bonds is 8. The second-order valence-corrected chi connectivity index (χ2v) is 6.69. The van der Waals surface area contributed by atoms with Crippen LogP contribution >= 0.6 is 35.9 Å². The summed E-state index contributed by atoms with van der Waals surface area (Å²) < 4.78 is 4.10. The fraction of sp³-hybridized carbons (Fsp3) is 0.385. The van der Waals surface area contributed by atoms with Crippen molar-refractivity contribution in [2.24, 2.45) is 10.2 Å². The molecule has 1 aromatic carbocycles. The Hall–Kier alpha value is -1.36. The topological polar surface area (TPSA) is 94.2 Å². The molecule has 1 aromatic heterocycles. The fourth-order valence-corrected chi connectivity index (χ4v) is 3.16. The molecule has 2 aromatic rings. The van der Waals surface area contributed by atoms with E-state index in [0.717, 1.165) is 29.5 Å². The first-order valence-corrected chi connectivity index (χ1v) is 9.17. The number of azo groups is 1. The van der Waals surface area contributed by atoms with Gasteiger partial charge in [-0.15, -0.1) is 10.2 Å². The molecule has 0 unspecified atom stereocenters. The Bertz CT molecular complexity index is 665. The predicted octanol–water partition coefficient (Wildman–Crippen LogP) is 3.11. The van der Waals surface area contributed by atoms with E-state index in [1.165, 1.54) is 11.8 Å². The Kier molecular flexibility index (Phi) is 7.09. The summed E-state index contributed by atoms with van der Waals surface area (Å²) in [6.45, 7) is 0.852. The summed E-state index contributed by atoms with van der Waals surface area (Å²) >= 11 is 6.66. The van der Waals surface area contributed by atoms with Gasteiger partial charge < -0.3 is 15.1 Å². The Morgan fingerprint density at radius 3 is 2.91 bits per heavy atom. The normalized spacial score (nSPS) is 11.3. The van der Waals surface area contributed by atoms with Crippen molar-refractivity contribution < 1.29 is 10.2 Å². The van der Waals surface area contributed by atoms with Gasteiger partial charge in [-0.1, -0.05) is 11.8 Å². The van der Waals surface area contributed by atoms with Crippen LogP contribution < -0.4 is 4.90 Å². The first kappa shape index (κ1) is 18.0. The van der Waals surface area contributed by atoms with E-state index in [-0.39, 0.29) is 12.4 Å². The highest BCUT2D eigenvalue weighted by atomic mass is 32.2. The lowest BCUT2D eigenvalue weighted by atomic mass is 10.2. The zero-order chi connectivity index (χ0) is 16.7. The fourth-order valence-electron chi connectivity index (χ4n) is 1.65. The second-order valence-electron chi connectivity index (χ2n) is 4.45. The van der Waals surface area contributed by atoms with Gasteiger partial charge in [0.05, 0.1) is 6.61 Å². The molecule has 2 rings (SSSR count). The third kappa shape index (κ3) is 5.34. The summed E-state index contributed by atoms with van der Waals surface area (Å²) in [5.74, 6) is 1.32. The average Bonchev–Trinajstić information content (AvgIpc) is 2.99. The quantitative estimate of drug-likeness (QED) is 0.375. The number of nitrogens with zero attached hydrogens (tertiary/aromatic N) is 5. The van der Waals surface area contributed by atoms with Gasteiger partial charge in [-0.3, -0.25) is 0 Å². The van der Waals surface area contributed by atoms with E-state index in [1.807, 2.05) is 18.0 Å². The smallest absolute Gasteiger partial charge is 0.250 e. The highest BCUT2D eigenvalue weighted by Crippen LogP contribution is 2.32. The first-order chi connectivity index (χ1) is 11.1. The van der Waals surface area contributed by atoms with Crippen molar-refractivity contribution >= 4 is 52.4 Å². The van der Waals surface area contributed by atoms with Gasteiger partial charge in [0.15, 0.2) is 0 Å². The molecule has 10 heteroatoms. The van der Waals surface area contributed by atoms with Gasteiger partial charge in [0.2, 0.25) is 10.3 Å². The Morgan fingerprint density at radius 1 is 1.39 bits per heavy atom. The summed E-state index contributed by atoms with van der Waals surface area (Å²) in [6.07, 6.45) is 0. The standard InChI is InChI=1S/C13H17N5O2S3/c1-18(4-6-21)9-2-3-10(11(20)8-9)15-16-12-14-13(17-23-12)22-7-5-19/h2-3,8,19-21H,4-7H2,1H3. The van der Waals surface area contributed by atoms with Crippen LogP contribution in [-0.4, -0.2) is 51.3 Å². The van der Waals surface area contributed by atoms with E-state index in [1.54, 1.807) is 12.1 Å². The number of aromatic hydroxyl groups is 1. The zero-order valence-electron chi connectivity index (χ0n) is 12.5. The van der Waals surface area contributed by atoms with E-state index in [9.17, 15) is 5.11 Å². The van der Waals surface area contributed by atoms with Crippen LogP contribution in [0.5, 0.6) is 5.75 Å². The first-order valence-electron chi connectivity index (χ1n) is 6.78. The van der Waals surface area contributed by atoms with Crippen LogP contribution in [0.25, 0.3) is 0 Å². The second kappa shape index (κ2) is 9.06. The molecule has 0 saturated carbocycles. The molecule has 0 aliphatic rings. The number of anilines is 1. The Labute approximate surface area is 148 Å². The summed E-state index contributed by atoms with van der Waals surface area (Å²) in [4.78, 5) is 6.15. The predicted molar refractivity (Wildman–Crippen MR) is 97.1 cm³/mol. The molecule has 0 spiro atoms. The lowest BCUT2D eigenvalue weighted by Gasteiger charge is -2.18. The molecule has 0 aliphatic carbocycles. The maximum absolute atomic E-state index is 10.0. The Balaban J connectivity index is 2.06. The number of phenolic OH excluding ortho intramolecular Hbond substituents is 1. The number of benzene rings is 1. The van der Waals surface area contributed by atoms with E-state index in [2.05, 4.69) is 32.2 Å². The summed E-state index contributed by atoms with van der Waals surface area (Å²) in [6, 6.07) is 5.20. The molecule has 0 radical (unpaired) electrons.